The topological polar surface area (TPSA) is 75.2 Å². The first-order valence-corrected chi connectivity index (χ1v) is 5.63. The summed E-state index contributed by atoms with van der Waals surface area (Å²) < 4.78 is 5.40. The molecule has 1 heterocycles. The van der Waals surface area contributed by atoms with Crippen LogP contribution < -0.4 is 10.3 Å². The van der Waals surface area contributed by atoms with Gasteiger partial charge in [0.15, 0.2) is 10.8 Å². The van der Waals surface area contributed by atoms with E-state index in [1.165, 1.54) is 6.20 Å². The molecule has 0 spiro atoms. The highest BCUT2D eigenvalue weighted by Crippen LogP contribution is 2.19. The molecule has 0 amide bonds. The first kappa shape index (κ1) is 12.6. The van der Waals surface area contributed by atoms with Crippen LogP contribution in [0.5, 0.6) is 5.75 Å². The molecule has 0 aliphatic carbocycles. The molecule has 2 rings (SSSR count). The molecule has 2 N–H and O–H groups in total. The summed E-state index contributed by atoms with van der Waals surface area (Å²) in [5.41, 5.74) is 1.25. The second-order valence-electron chi connectivity index (χ2n) is 3.64. The Bertz CT molecular complexity index is 581. The van der Waals surface area contributed by atoms with Crippen LogP contribution in [-0.4, -0.2) is 15.3 Å². The van der Waals surface area contributed by atoms with Crippen molar-refractivity contribution < 1.29 is 9.84 Å². The number of rotatable bonds is 4. The molecule has 1 aromatic heterocycles. The summed E-state index contributed by atoms with van der Waals surface area (Å²) in [6.45, 7) is 0.279. The molecule has 6 heteroatoms. The van der Waals surface area contributed by atoms with Crippen molar-refractivity contribution in [2.75, 3.05) is 0 Å². The summed E-state index contributed by atoms with van der Waals surface area (Å²) in [5, 5.41) is 14.7. The minimum Gasteiger partial charge on any atom is -0.485 e. The molecule has 0 saturated carbocycles. The molecule has 0 unspecified atom stereocenters. The Labute approximate surface area is 108 Å². The number of aliphatic hydroxyl groups is 1. The number of nitrogens with one attached hydrogen (secondary N) is 1. The third-order valence-corrected chi connectivity index (χ3v) is 2.72. The zero-order valence-corrected chi connectivity index (χ0v) is 10.1. The van der Waals surface area contributed by atoms with E-state index < -0.39 is 5.56 Å². The fourth-order valence-corrected chi connectivity index (χ4v) is 1.52. The number of halogens is 1. The van der Waals surface area contributed by atoms with E-state index in [9.17, 15) is 4.79 Å². The predicted molar refractivity (Wildman–Crippen MR) is 66.6 cm³/mol. The molecular weight excluding hydrogens is 256 g/mol. The first-order valence-electron chi connectivity index (χ1n) is 5.25. The average Bonchev–Trinajstić information content (AvgIpc) is 2.41. The molecule has 18 heavy (non-hydrogen) atoms. The Morgan fingerprint density at radius 3 is 2.61 bits per heavy atom. The zero-order chi connectivity index (χ0) is 13.0. The van der Waals surface area contributed by atoms with Gasteiger partial charge in [-0.1, -0.05) is 35.9 Å². The number of ether oxygens (including phenoxy) is 1. The van der Waals surface area contributed by atoms with Crippen LogP contribution in [0.3, 0.4) is 0 Å². The van der Waals surface area contributed by atoms with Gasteiger partial charge in [-0.25, -0.2) is 5.10 Å². The number of H-pyrrole nitrogens is 1. The number of benzene rings is 1. The SMILES string of the molecule is O=c1[nH]ncc(OCc2ccc(CO)cc2)c1Cl. The Kier molecular flexibility index (Phi) is 3.96. The van der Waals surface area contributed by atoms with Gasteiger partial charge in [0.1, 0.15) is 6.61 Å². The molecule has 0 atom stereocenters. The first-order chi connectivity index (χ1) is 8.70. The van der Waals surface area contributed by atoms with Crippen LogP contribution in [0, 0.1) is 0 Å². The fraction of sp³-hybridized carbons (Fsp3) is 0.167. The highest BCUT2D eigenvalue weighted by Gasteiger charge is 2.06. The third kappa shape index (κ3) is 2.88. The van der Waals surface area contributed by atoms with Crippen molar-refractivity contribution >= 4 is 11.6 Å². The van der Waals surface area contributed by atoms with Crippen molar-refractivity contribution in [2.24, 2.45) is 0 Å². The molecule has 5 nitrogen and oxygen atoms in total. The summed E-state index contributed by atoms with van der Waals surface area (Å²) in [6, 6.07) is 7.27. The van der Waals surface area contributed by atoms with E-state index in [0.29, 0.717) is 0 Å². The quantitative estimate of drug-likeness (QED) is 0.879. The number of aromatic nitrogens is 2. The Hall–Kier alpha value is -1.85. The van der Waals surface area contributed by atoms with Gasteiger partial charge in [-0.3, -0.25) is 4.79 Å². The van der Waals surface area contributed by atoms with Crippen LogP contribution >= 0.6 is 11.6 Å². The summed E-state index contributed by atoms with van der Waals surface area (Å²) in [5.74, 6) is 0.242. The molecular formula is C12H11ClN2O3. The predicted octanol–water partition coefficient (Wildman–Crippen LogP) is 1.49. The van der Waals surface area contributed by atoms with Gasteiger partial charge >= 0.3 is 0 Å². The maximum atomic E-state index is 11.2. The minimum absolute atomic E-state index is 0.00491. The van der Waals surface area contributed by atoms with Crippen LogP contribution in [0.15, 0.2) is 35.3 Å². The smallest absolute Gasteiger partial charge is 0.286 e. The number of aliphatic hydroxyl groups excluding tert-OH is 1. The van der Waals surface area contributed by atoms with E-state index in [-0.39, 0.29) is 24.0 Å². The van der Waals surface area contributed by atoms with Crippen LogP contribution in [0.1, 0.15) is 11.1 Å². The Morgan fingerprint density at radius 1 is 1.28 bits per heavy atom. The van der Waals surface area contributed by atoms with Crippen LogP contribution in [0.25, 0.3) is 0 Å². The van der Waals surface area contributed by atoms with Gasteiger partial charge in [-0.15, -0.1) is 0 Å². The van der Waals surface area contributed by atoms with Crippen molar-refractivity contribution in [1.29, 1.82) is 0 Å². The van der Waals surface area contributed by atoms with Gasteiger partial charge in [-0.05, 0) is 11.1 Å². The molecule has 94 valence electrons. The van der Waals surface area contributed by atoms with Gasteiger partial charge in [-0.2, -0.15) is 5.10 Å². The monoisotopic (exact) mass is 266 g/mol. The molecule has 0 bridgehead atoms. The maximum Gasteiger partial charge on any atom is 0.286 e. The molecule has 2 aromatic rings. The number of hydrogen-bond donors (Lipinski definition) is 2. The van der Waals surface area contributed by atoms with Gasteiger partial charge in [0.2, 0.25) is 0 Å². The summed E-state index contributed by atoms with van der Waals surface area (Å²) in [7, 11) is 0. The lowest BCUT2D eigenvalue weighted by molar-refractivity contribution is 0.281. The molecule has 0 aliphatic heterocycles. The van der Waals surface area contributed by atoms with E-state index >= 15 is 0 Å². The van der Waals surface area contributed by atoms with Gasteiger partial charge in [0, 0.05) is 0 Å². The lowest BCUT2D eigenvalue weighted by atomic mass is 10.1. The summed E-state index contributed by atoms with van der Waals surface area (Å²) >= 11 is 5.77. The lowest BCUT2D eigenvalue weighted by Gasteiger charge is -2.07. The normalized spacial score (nSPS) is 10.3. The van der Waals surface area contributed by atoms with Gasteiger partial charge < -0.3 is 9.84 Å². The largest absolute Gasteiger partial charge is 0.485 e. The van der Waals surface area contributed by atoms with Gasteiger partial charge in [0.05, 0.1) is 12.8 Å². The van der Waals surface area contributed by atoms with Gasteiger partial charge in [0.25, 0.3) is 5.56 Å². The number of hydrogen-bond acceptors (Lipinski definition) is 4. The molecule has 1 aromatic carbocycles. The average molecular weight is 267 g/mol. The van der Waals surface area contributed by atoms with Crippen molar-refractivity contribution in [3.8, 4) is 5.75 Å². The van der Waals surface area contributed by atoms with Crippen LogP contribution in [-0.2, 0) is 13.2 Å². The zero-order valence-electron chi connectivity index (χ0n) is 9.39. The van der Waals surface area contributed by atoms with E-state index in [1.807, 2.05) is 12.1 Å². The third-order valence-electron chi connectivity index (χ3n) is 2.36. The van der Waals surface area contributed by atoms with Crippen LogP contribution in [0.2, 0.25) is 5.02 Å². The highest BCUT2D eigenvalue weighted by molar-refractivity contribution is 6.31. The Morgan fingerprint density at radius 2 is 1.94 bits per heavy atom. The highest BCUT2D eigenvalue weighted by atomic mass is 35.5. The second kappa shape index (κ2) is 5.66. The molecule has 0 fully saturated rings. The Balaban J connectivity index is 2.06. The molecule has 0 saturated heterocycles. The van der Waals surface area contributed by atoms with Crippen molar-refractivity contribution in [2.45, 2.75) is 13.2 Å². The second-order valence-corrected chi connectivity index (χ2v) is 4.02. The summed E-state index contributed by atoms with van der Waals surface area (Å²) in [4.78, 5) is 11.2. The standard InChI is InChI=1S/C12H11ClN2O3/c13-11-10(5-14-15-12(11)17)18-7-9-3-1-8(6-16)2-4-9/h1-5,16H,6-7H2,(H,15,17). The minimum atomic E-state index is -0.482. The maximum absolute atomic E-state index is 11.2. The van der Waals surface area contributed by atoms with E-state index in [4.69, 9.17) is 21.4 Å². The van der Waals surface area contributed by atoms with E-state index in [1.54, 1.807) is 12.1 Å². The van der Waals surface area contributed by atoms with Crippen molar-refractivity contribution in [1.82, 2.24) is 10.2 Å². The van der Waals surface area contributed by atoms with E-state index in [0.717, 1.165) is 11.1 Å². The van der Waals surface area contributed by atoms with Crippen molar-refractivity contribution in [3.05, 3.63) is 57.0 Å². The summed E-state index contributed by atoms with van der Waals surface area (Å²) in [6.07, 6.45) is 1.35. The van der Waals surface area contributed by atoms with Crippen LogP contribution in [0.4, 0.5) is 0 Å². The molecule has 0 aliphatic rings. The van der Waals surface area contributed by atoms with Crippen molar-refractivity contribution in [3.63, 3.8) is 0 Å². The number of nitrogens with zero attached hydrogens (tertiary/aromatic N) is 1. The fourth-order valence-electron chi connectivity index (χ4n) is 1.37. The lowest BCUT2D eigenvalue weighted by Crippen LogP contribution is -2.10. The molecule has 0 radical (unpaired) electrons. The number of aromatic amines is 1. The van der Waals surface area contributed by atoms with E-state index in [2.05, 4.69) is 10.2 Å².